The van der Waals surface area contributed by atoms with E-state index in [-0.39, 0.29) is 11.6 Å². The van der Waals surface area contributed by atoms with Gasteiger partial charge in [0.25, 0.3) is 0 Å². The van der Waals surface area contributed by atoms with E-state index in [0.29, 0.717) is 0 Å². The van der Waals surface area contributed by atoms with Gasteiger partial charge in [0.1, 0.15) is 0 Å². The van der Waals surface area contributed by atoms with Crippen LogP contribution in [-0.2, 0) is 4.79 Å². The average Bonchev–Trinajstić information content (AvgIpc) is 2.05. The minimum atomic E-state index is -0.113. The van der Waals surface area contributed by atoms with Gasteiger partial charge in [-0.15, -0.1) is 0 Å². The molecule has 1 amide bonds. The van der Waals surface area contributed by atoms with Gasteiger partial charge in [0.2, 0.25) is 6.41 Å². The van der Waals surface area contributed by atoms with Gasteiger partial charge in [-0.05, 0) is 27.2 Å². The van der Waals surface area contributed by atoms with Gasteiger partial charge >= 0.3 is 0 Å². The third-order valence-corrected chi connectivity index (χ3v) is 2.15. The lowest BCUT2D eigenvalue weighted by atomic mass is 10.0. The van der Waals surface area contributed by atoms with Gasteiger partial charge in [0, 0.05) is 5.54 Å². The van der Waals surface area contributed by atoms with Crippen LogP contribution in [0.4, 0.5) is 0 Å². The quantitative estimate of drug-likeness (QED) is 0.469. The first kappa shape index (κ1) is 10.0. The van der Waals surface area contributed by atoms with Crippen molar-refractivity contribution in [2.75, 3.05) is 0 Å². The Morgan fingerprint density at radius 2 is 1.85 bits per heavy atom. The molecule has 0 aromatic carbocycles. The molecule has 0 aromatic rings. The number of amides is 1. The summed E-state index contributed by atoms with van der Waals surface area (Å²) < 4.78 is 0. The van der Waals surface area contributed by atoms with E-state index in [1.807, 2.05) is 25.7 Å². The molecule has 0 aromatic heterocycles. The number of hydrogen-bond donors (Lipinski definition) is 0. The SMILES string of the molecule is CC(C)(C)N(C=O)C1C=CCC=C1. The van der Waals surface area contributed by atoms with Crippen LogP contribution in [-0.4, -0.2) is 22.9 Å². The van der Waals surface area contributed by atoms with Gasteiger partial charge in [-0.3, -0.25) is 4.79 Å². The minimum absolute atomic E-state index is 0.113. The van der Waals surface area contributed by atoms with Crippen molar-refractivity contribution < 1.29 is 4.79 Å². The van der Waals surface area contributed by atoms with Gasteiger partial charge < -0.3 is 4.90 Å². The Kier molecular flexibility index (Phi) is 2.91. The highest BCUT2D eigenvalue weighted by Crippen LogP contribution is 2.18. The largest absolute Gasteiger partial charge is 0.331 e. The second kappa shape index (κ2) is 3.77. The highest BCUT2D eigenvalue weighted by atomic mass is 16.1. The Morgan fingerprint density at radius 3 is 2.23 bits per heavy atom. The number of carbonyl (C=O) groups excluding carboxylic acids is 1. The van der Waals surface area contributed by atoms with Crippen LogP contribution in [0.2, 0.25) is 0 Å². The molecule has 0 unspecified atom stereocenters. The Hall–Kier alpha value is -1.05. The molecule has 0 bridgehead atoms. The summed E-state index contributed by atoms with van der Waals surface area (Å²) in [5.74, 6) is 0. The fraction of sp³-hybridized carbons (Fsp3) is 0.545. The van der Waals surface area contributed by atoms with E-state index in [0.717, 1.165) is 12.8 Å². The summed E-state index contributed by atoms with van der Waals surface area (Å²) in [4.78, 5) is 12.7. The van der Waals surface area contributed by atoms with Gasteiger partial charge in [0.15, 0.2) is 0 Å². The molecule has 0 aliphatic heterocycles. The predicted octanol–water partition coefficient (Wildman–Crippen LogP) is 2.13. The Bertz CT molecular complexity index is 223. The Morgan fingerprint density at radius 1 is 1.31 bits per heavy atom. The lowest BCUT2D eigenvalue weighted by Gasteiger charge is -2.36. The van der Waals surface area contributed by atoms with Crippen LogP contribution in [0.25, 0.3) is 0 Å². The van der Waals surface area contributed by atoms with Crippen LogP contribution >= 0.6 is 0 Å². The standard InChI is InChI=1S/C11H17NO/c1-11(2,3)12(9-13)10-7-5-4-6-8-10/h5-10H,4H2,1-3H3. The molecular formula is C11H17NO. The number of carbonyl (C=O) groups is 1. The summed E-state index contributed by atoms with van der Waals surface area (Å²) >= 11 is 0. The van der Waals surface area contributed by atoms with Crippen molar-refractivity contribution in [1.82, 2.24) is 4.90 Å². The zero-order valence-corrected chi connectivity index (χ0v) is 8.53. The molecule has 0 fully saturated rings. The van der Waals surface area contributed by atoms with Crippen molar-refractivity contribution in [3.05, 3.63) is 24.3 Å². The molecule has 1 aliphatic rings. The monoisotopic (exact) mass is 179 g/mol. The molecule has 0 saturated carbocycles. The summed E-state index contributed by atoms with van der Waals surface area (Å²) in [6.07, 6.45) is 10.2. The maximum Gasteiger partial charge on any atom is 0.210 e. The smallest absolute Gasteiger partial charge is 0.210 e. The molecule has 72 valence electrons. The molecule has 0 N–H and O–H groups in total. The topological polar surface area (TPSA) is 20.3 Å². The van der Waals surface area contributed by atoms with Crippen LogP contribution in [0.3, 0.4) is 0 Å². The minimum Gasteiger partial charge on any atom is -0.331 e. The number of nitrogens with zero attached hydrogens (tertiary/aromatic N) is 1. The van der Waals surface area contributed by atoms with Crippen LogP contribution in [0.1, 0.15) is 27.2 Å². The van der Waals surface area contributed by atoms with Crippen LogP contribution in [0.15, 0.2) is 24.3 Å². The third-order valence-electron chi connectivity index (χ3n) is 2.15. The van der Waals surface area contributed by atoms with Crippen LogP contribution < -0.4 is 0 Å². The van der Waals surface area contributed by atoms with Crippen molar-refractivity contribution in [1.29, 1.82) is 0 Å². The molecule has 1 rings (SSSR count). The van der Waals surface area contributed by atoms with Crippen LogP contribution in [0, 0.1) is 0 Å². The molecule has 13 heavy (non-hydrogen) atoms. The maximum absolute atomic E-state index is 10.9. The highest BCUT2D eigenvalue weighted by Gasteiger charge is 2.24. The van der Waals surface area contributed by atoms with Crippen molar-refractivity contribution in [2.45, 2.75) is 38.8 Å². The molecule has 1 aliphatic carbocycles. The van der Waals surface area contributed by atoms with Crippen molar-refractivity contribution in [3.63, 3.8) is 0 Å². The van der Waals surface area contributed by atoms with Crippen molar-refractivity contribution >= 4 is 6.41 Å². The number of allylic oxidation sites excluding steroid dienone is 2. The molecule has 0 spiro atoms. The normalized spacial score (nSPS) is 17.5. The van der Waals surface area contributed by atoms with Gasteiger partial charge in [-0.1, -0.05) is 24.3 Å². The second-order valence-corrected chi connectivity index (χ2v) is 4.27. The number of hydrogen-bond acceptors (Lipinski definition) is 1. The predicted molar refractivity (Wildman–Crippen MR) is 54.3 cm³/mol. The molecule has 0 saturated heterocycles. The molecule has 2 nitrogen and oxygen atoms in total. The maximum atomic E-state index is 10.9. The molecule has 0 heterocycles. The zero-order valence-electron chi connectivity index (χ0n) is 8.53. The van der Waals surface area contributed by atoms with E-state index < -0.39 is 0 Å². The van der Waals surface area contributed by atoms with E-state index in [2.05, 4.69) is 24.3 Å². The first-order valence-electron chi connectivity index (χ1n) is 4.63. The number of rotatable bonds is 2. The lowest BCUT2D eigenvalue weighted by molar-refractivity contribution is -0.123. The molecule has 0 radical (unpaired) electrons. The Balaban J connectivity index is 2.77. The van der Waals surface area contributed by atoms with Crippen molar-refractivity contribution in [2.24, 2.45) is 0 Å². The molecule has 2 heteroatoms. The van der Waals surface area contributed by atoms with Gasteiger partial charge in [-0.25, -0.2) is 0 Å². The van der Waals surface area contributed by atoms with Crippen molar-refractivity contribution in [3.8, 4) is 0 Å². The van der Waals surface area contributed by atoms with E-state index in [4.69, 9.17) is 0 Å². The summed E-state index contributed by atoms with van der Waals surface area (Å²) in [7, 11) is 0. The van der Waals surface area contributed by atoms with Crippen LogP contribution in [0.5, 0.6) is 0 Å². The summed E-state index contributed by atoms with van der Waals surface area (Å²) in [5, 5.41) is 0. The summed E-state index contributed by atoms with van der Waals surface area (Å²) in [6, 6.07) is 0.131. The fourth-order valence-corrected chi connectivity index (χ4v) is 1.44. The Labute approximate surface area is 79.9 Å². The van der Waals surface area contributed by atoms with Gasteiger partial charge in [-0.2, -0.15) is 0 Å². The average molecular weight is 179 g/mol. The van der Waals surface area contributed by atoms with E-state index >= 15 is 0 Å². The van der Waals surface area contributed by atoms with E-state index in [1.54, 1.807) is 0 Å². The lowest BCUT2D eigenvalue weighted by Crippen LogP contribution is -2.45. The fourth-order valence-electron chi connectivity index (χ4n) is 1.44. The molecule has 0 atom stereocenters. The van der Waals surface area contributed by atoms with E-state index in [9.17, 15) is 4.79 Å². The first-order chi connectivity index (χ1) is 6.05. The zero-order chi connectivity index (χ0) is 9.90. The highest BCUT2D eigenvalue weighted by molar-refractivity contribution is 5.51. The summed E-state index contributed by atoms with van der Waals surface area (Å²) in [6.45, 7) is 6.12. The van der Waals surface area contributed by atoms with Gasteiger partial charge in [0.05, 0.1) is 6.04 Å². The second-order valence-electron chi connectivity index (χ2n) is 4.27. The molecular weight excluding hydrogens is 162 g/mol. The van der Waals surface area contributed by atoms with E-state index in [1.165, 1.54) is 0 Å². The third kappa shape index (κ3) is 2.44. The summed E-state index contributed by atoms with van der Waals surface area (Å²) in [5.41, 5.74) is -0.113. The first-order valence-corrected chi connectivity index (χ1v) is 4.63.